The number of anilines is 2. The minimum atomic E-state index is 0.0403. The lowest BCUT2D eigenvalue weighted by atomic mass is 10.2. The highest BCUT2D eigenvalue weighted by Gasteiger charge is 2.30. The van der Waals surface area contributed by atoms with E-state index in [1.54, 1.807) is 0 Å². The number of carbonyl (C=O) groups is 1. The van der Waals surface area contributed by atoms with Crippen LogP contribution in [0.3, 0.4) is 0 Å². The zero-order chi connectivity index (χ0) is 13.1. The molecule has 0 bridgehead atoms. The van der Waals surface area contributed by atoms with Gasteiger partial charge in [-0.1, -0.05) is 18.3 Å². The average molecular weight is 268 g/mol. The molecule has 0 aliphatic carbocycles. The molecule has 100 valence electrons. The third kappa shape index (κ3) is 2.43. The van der Waals surface area contributed by atoms with Gasteiger partial charge in [-0.05, 0) is 26.2 Å². The van der Waals surface area contributed by atoms with Gasteiger partial charge < -0.3 is 16.0 Å². The second-order valence-electron chi connectivity index (χ2n) is 4.47. The predicted molar refractivity (Wildman–Crippen MR) is 75.0 cm³/mol. The number of nitrogens with one attached hydrogen (secondary N) is 1. The molecule has 1 amide bonds. The van der Waals surface area contributed by atoms with Crippen LogP contribution in [0.1, 0.15) is 42.8 Å². The molecule has 1 atom stereocenters. The number of nitrogen functional groups attached to an aromatic ring is 1. The SMILES string of the molecule is CCNc1nc(N)c(C(=O)N2CCCC2CC)s1. The van der Waals surface area contributed by atoms with E-state index in [1.165, 1.54) is 11.3 Å². The Morgan fingerprint density at radius 1 is 1.61 bits per heavy atom. The Morgan fingerprint density at radius 2 is 2.39 bits per heavy atom. The van der Waals surface area contributed by atoms with E-state index >= 15 is 0 Å². The van der Waals surface area contributed by atoms with Crippen LogP contribution >= 0.6 is 11.3 Å². The summed E-state index contributed by atoms with van der Waals surface area (Å²) >= 11 is 1.35. The first-order chi connectivity index (χ1) is 8.67. The van der Waals surface area contributed by atoms with Gasteiger partial charge in [0.15, 0.2) is 5.13 Å². The van der Waals surface area contributed by atoms with E-state index < -0.39 is 0 Å². The normalized spacial score (nSPS) is 19.2. The summed E-state index contributed by atoms with van der Waals surface area (Å²) in [7, 11) is 0. The maximum atomic E-state index is 12.4. The summed E-state index contributed by atoms with van der Waals surface area (Å²) in [6.45, 7) is 5.73. The first-order valence-corrected chi connectivity index (χ1v) is 7.30. The van der Waals surface area contributed by atoms with Gasteiger partial charge in [-0.25, -0.2) is 4.98 Å². The molecule has 0 spiro atoms. The molecule has 3 N–H and O–H groups in total. The maximum absolute atomic E-state index is 12.4. The third-order valence-electron chi connectivity index (χ3n) is 3.28. The average Bonchev–Trinajstić information content (AvgIpc) is 2.95. The Bertz CT molecular complexity index is 432. The Kier molecular flexibility index (Phi) is 4.06. The quantitative estimate of drug-likeness (QED) is 0.878. The molecule has 2 rings (SSSR count). The highest BCUT2D eigenvalue weighted by atomic mass is 32.1. The van der Waals surface area contributed by atoms with Crippen molar-refractivity contribution < 1.29 is 4.79 Å². The van der Waals surface area contributed by atoms with Crippen molar-refractivity contribution in [2.45, 2.75) is 39.2 Å². The fourth-order valence-corrected chi connectivity index (χ4v) is 3.28. The topological polar surface area (TPSA) is 71.2 Å². The molecule has 0 aromatic carbocycles. The lowest BCUT2D eigenvalue weighted by molar-refractivity contribution is 0.0739. The molecular weight excluding hydrogens is 248 g/mol. The lowest BCUT2D eigenvalue weighted by Crippen LogP contribution is -2.34. The summed E-state index contributed by atoms with van der Waals surface area (Å²) in [5.41, 5.74) is 5.84. The van der Waals surface area contributed by atoms with Crippen molar-refractivity contribution in [1.82, 2.24) is 9.88 Å². The highest BCUT2D eigenvalue weighted by Crippen LogP contribution is 2.29. The molecule has 5 nitrogen and oxygen atoms in total. The van der Waals surface area contributed by atoms with Crippen LogP contribution in [-0.2, 0) is 0 Å². The Labute approximate surface area is 111 Å². The number of hydrogen-bond donors (Lipinski definition) is 2. The van der Waals surface area contributed by atoms with E-state index in [2.05, 4.69) is 17.2 Å². The molecule has 1 fully saturated rings. The molecule has 0 radical (unpaired) electrons. The van der Waals surface area contributed by atoms with Crippen LogP contribution in [0.2, 0.25) is 0 Å². The molecule has 1 aliphatic heterocycles. The van der Waals surface area contributed by atoms with Crippen molar-refractivity contribution >= 4 is 28.2 Å². The maximum Gasteiger partial charge on any atom is 0.268 e. The van der Waals surface area contributed by atoms with Crippen LogP contribution < -0.4 is 11.1 Å². The molecule has 0 saturated carbocycles. The van der Waals surface area contributed by atoms with Crippen LogP contribution in [0, 0.1) is 0 Å². The van der Waals surface area contributed by atoms with Crippen LogP contribution in [-0.4, -0.2) is 34.9 Å². The first kappa shape index (κ1) is 13.1. The molecular formula is C12H20N4OS. The molecule has 1 unspecified atom stereocenters. The fraction of sp³-hybridized carbons (Fsp3) is 0.667. The van der Waals surface area contributed by atoms with E-state index in [1.807, 2.05) is 11.8 Å². The number of likely N-dealkylation sites (tertiary alicyclic amines) is 1. The zero-order valence-electron chi connectivity index (χ0n) is 10.9. The highest BCUT2D eigenvalue weighted by molar-refractivity contribution is 7.18. The Hall–Kier alpha value is -1.30. The minimum absolute atomic E-state index is 0.0403. The van der Waals surface area contributed by atoms with Gasteiger partial charge in [0.1, 0.15) is 10.7 Å². The molecule has 1 aromatic rings. The first-order valence-electron chi connectivity index (χ1n) is 6.48. The third-order valence-corrected chi connectivity index (χ3v) is 4.30. The number of rotatable bonds is 4. The summed E-state index contributed by atoms with van der Waals surface area (Å²) in [6.07, 6.45) is 3.19. The van der Waals surface area contributed by atoms with Crippen molar-refractivity contribution in [2.24, 2.45) is 0 Å². The second kappa shape index (κ2) is 5.56. The molecule has 2 heterocycles. The monoisotopic (exact) mass is 268 g/mol. The standard InChI is InChI=1S/C12H20N4OS/c1-3-8-6-5-7-16(8)11(17)9-10(13)15-12(18-9)14-4-2/h8H,3-7,13H2,1-2H3,(H,14,15). The number of carbonyl (C=O) groups excluding carboxylic acids is 1. The van der Waals surface area contributed by atoms with Gasteiger partial charge in [0, 0.05) is 19.1 Å². The van der Waals surface area contributed by atoms with Crippen molar-refractivity contribution in [3.8, 4) is 0 Å². The minimum Gasteiger partial charge on any atom is -0.382 e. The van der Waals surface area contributed by atoms with Gasteiger partial charge in [0.25, 0.3) is 5.91 Å². The van der Waals surface area contributed by atoms with Crippen molar-refractivity contribution in [1.29, 1.82) is 0 Å². The van der Waals surface area contributed by atoms with Gasteiger partial charge >= 0.3 is 0 Å². The molecule has 18 heavy (non-hydrogen) atoms. The molecule has 1 saturated heterocycles. The number of hydrogen-bond acceptors (Lipinski definition) is 5. The Balaban J connectivity index is 2.17. The smallest absolute Gasteiger partial charge is 0.268 e. The summed E-state index contributed by atoms with van der Waals surface area (Å²) in [4.78, 5) is 19.1. The lowest BCUT2D eigenvalue weighted by Gasteiger charge is -2.22. The number of amides is 1. The van der Waals surface area contributed by atoms with Gasteiger partial charge in [-0.15, -0.1) is 0 Å². The summed E-state index contributed by atoms with van der Waals surface area (Å²) in [6, 6.07) is 0.363. The summed E-state index contributed by atoms with van der Waals surface area (Å²) < 4.78 is 0. The second-order valence-corrected chi connectivity index (χ2v) is 5.47. The number of nitrogens with two attached hydrogens (primary N) is 1. The Morgan fingerprint density at radius 3 is 3.06 bits per heavy atom. The van der Waals surface area contributed by atoms with Crippen molar-refractivity contribution in [2.75, 3.05) is 24.1 Å². The molecule has 1 aromatic heterocycles. The largest absolute Gasteiger partial charge is 0.382 e. The van der Waals surface area contributed by atoms with E-state index in [4.69, 9.17) is 5.73 Å². The van der Waals surface area contributed by atoms with E-state index in [0.29, 0.717) is 16.7 Å². The van der Waals surface area contributed by atoms with Gasteiger partial charge in [-0.3, -0.25) is 4.79 Å². The van der Waals surface area contributed by atoms with E-state index in [-0.39, 0.29) is 5.91 Å². The van der Waals surface area contributed by atoms with Crippen LogP contribution in [0.15, 0.2) is 0 Å². The van der Waals surface area contributed by atoms with Crippen molar-refractivity contribution in [3.63, 3.8) is 0 Å². The number of thiazole rings is 1. The molecule has 6 heteroatoms. The van der Waals surface area contributed by atoms with Gasteiger partial charge in [0.05, 0.1) is 0 Å². The summed E-state index contributed by atoms with van der Waals surface area (Å²) in [5, 5.41) is 3.82. The van der Waals surface area contributed by atoms with Crippen LogP contribution in [0.5, 0.6) is 0 Å². The fourth-order valence-electron chi connectivity index (χ4n) is 2.37. The molecule has 1 aliphatic rings. The summed E-state index contributed by atoms with van der Waals surface area (Å²) in [5.74, 6) is 0.390. The van der Waals surface area contributed by atoms with E-state index in [9.17, 15) is 4.79 Å². The zero-order valence-corrected chi connectivity index (χ0v) is 11.7. The van der Waals surface area contributed by atoms with Crippen molar-refractivity contribution in [3.05, 3.63) is 4.88 Å². The van der Waals surface area contributed by atoms with Crippen LogP contribution in [0.4, 0.5) is 10.9 Å². The number of nitrogens with zero attached hydrogens (tertiary/aromatic N) is 2. The van der Waals surface area contributed by atoms with E-state index in [0.717, 1.165) is 37.5 Å². The van der Waals surface area contributed by atoms with Gasteiger partial charge in [0.2, 0.25) is 0 Å². The predicted octanol–water partition coefficient (Wildman–Crippen LogP) is 2.17. The van der Waals surface area contributed by atoms with Crippen LogP contribution in [0.25, 0.3) is 0 Å². The number of aromatic nitrogens is 1. The van der Waals surface area contributed by atoms with Gasteiger partial charge in [-0.2, -0.15) is 0 Å².